The Bertz CT molecular complexity index is 1180. The molecule has 0 spiro atoms. The number of aryl methyl sites for hydroxylation is 1. The molecule has 5 heterocycles. The number of hydrogen-bond donors (Lipinski definition) is 1. The maximum atomic E-state index is 4.71. The normalized spacial score (nSPS) is 11.5. The van der Waals surface area contributed by atoms with E-state index in [9.17, 15) is 0 Å². The number of nitrogens with zero attached hydrogens (tertiary/aromatic N) is 6. The maximum absolute atomic E-state index is 4.71. The van der Waals surface area contributed by atoms with Crippen molar-refractivity contribution in [2.75, 3.05) is 0 Å². The fourth-order valence-electron chi connectivity index (χ4n) is 2.93. The molecule has 0 saturated heterocycles. The molecule has 0 bridgehead atoms. The molecule has 0 atom stereocenters. The zero-order valence-electron chi connectivity index (χ0n) is 12.9. The Hall–Kier alpha value is -3.48. The highest BCUT2D eigenvalue weighted by Gasteiger charge is 2.10. The minimum Gasteiger partial charge on any atom is -0.345 e. The summed E-state index contributed by atoms with van der Waals surface area (Å²) in [5, 5.41) is 9.47. The molecule has 0 aliphatic heterocycles. The molecule has 7 nitrogen and oxygen atoms in total. The Morgan fingerprint density at radius 2 is 1.96 bits per heavy atom. The van der Waals surface area contributed by atoms with Crippen molar-refractivity contribution in [2.24, 2.45) is 7.05 Å². The molecule has 0 saturated carbocycles. The predicted octanol–water partition coefficient (Wildman–Crippen LogP) is 2.67. The van der Waals surface area contributed by atoms with Crippen molar-refractivity contribution in [3.63, 3.8) is 0 Å². The lowest BCUT2D eigenvalue weighted by molar-refractivity contribution is 0.768. The number of hydrogen-bond acceptors (Lipinski definition) is 4. The van der Waals surface area contributed by atoms with Crippen LogP contribution in [0.5, 0.6) is 0 Å². The van der Waals surface area contributed by atoms with E-state index in [0.717, 1.165) is 39.1 Å². The summed E-state index contributed by atoms with van der Waals surface area (Å²) in [6.07, 6.45) is 9.27. The van der Waals surface area contributed by atoms with Crippen molar-refractivity contribution in [3.8, 4) is 22.4 Å². The van der Waals surface area contributed by atoms with Gasteiger partial charge in [0.2, 0.25) is 0 Å². The fraction of sp³-hybridized carbons (Fsp3) is 0.0588. The summed E-state index contributed by atoms with van der Waals surface area (Å²) in [6.45, 7) is 0. The van der Waals surface area contributed by atoms with Crippen LogP contribution in [0.1, 0.15) is 0 Å². The summed E-state index contributed by atoms with van der Waals surface area (Å²) in [4.78, 5) is 12.1. The van der Waals surface area contributed by atoms with Crippen LogP contribution in [0.2, 0.25) is 0 Å². The number of aromatic amines is 1. The van der Waals surface area contributed by atoms with Gasteiger partial charge in [0.1, 0.15) is 12.0 Å². The van der Waals surface area contributed by atoms with E-state index in [0.29, 0.717) is 0 Å². The average molecular weight is 315 g/mol. The van der Waals surface area contributed by atoms with Gasteiger partial charge in [0.15, 0.2) is 5.65 Å². The second-order valence-corrected chi connectivity index (χ2v) is 5.68. The quantitative estimate of drug-likeness (QED) is 0.543. The summed E-state index contributed by atoms with van der Waals surface area (Å²) in [6, 6.07) is 8.10. The van der Waals surface area contributed by atoms with Crippen molar-refractivity contribution < 1.29 is 0 Å². The molecule has 0 fully saturated rings. The molecule has 0 radical (unpaired) electrons. The van der Waals surface area contributed by atoms with Gasteiger partial charge in [0, 0.05) is 47.7 Å². The van der Waals surface area contributed by atoms with E-state index in [4.69, 9.17) is 4.98 Å². The third kappa shape index (κ3) is 1.91. The molecule has 0 aliphatic carbocycles. The Morgan fingerprint density at radius 3 is 2.83 bits per heavy atom. The molecular formula is C17H13N7. The Labute approximate surface area is 136 Å². The summed E-state index contributed by atoms with van der Waals surface area (Å²) in [5.74, 6) is 0. The molecule has 5 aromatic heterocycles. The molecule has 5 rings (SSSR count). The first kappa shape index (κ1) is 13.0. The van der Waals surface area contributed by atoms with Crippen LogP contribution >= 0.6 is 0 Å². The van der Waals surface area contributed by atoms with E-state index < -0.39 is 0 Å². The highest BCUT2D eigenvalue weighted by Crippen LogP contribution is 2.29. The Balaban J connectivity index is 1.64. The first-order valence-corrected chi connectivity index (χ1v) is 7.55. The summed E-state index contributed by atoms with van der Waals surface area (Å²) >= 11 is 0. The third-order valence-corrected chi connectivity index (χ3v) is 4.12. The SMILES string of the molecule is Cn1cc(-c2ccc3c(-c4ccc5ncnn5c4)c[nH]c3n2)cn1. The second kappa shape index (κ2) is 4.76. The summed E-state index contributed by atoms with van der Waals surface area (Å²) < 4.78 is 3.54. The van der Waals surface area contributed by atoms with E-state index in [1.807, 2.05) is 50.0 Å². The molecule has 5 aromatic rings. The van der Waals surface area contributed by atoms with E-state index in [2.05, 4.69) is 26.2 Å². The van der Waals surface area contributed by atoms with Gasteiger partial charge in [0.25, 0.3) is 0 Å². The standard InChI is InChI=1S/C17H13N7/c1-23-8-12(6-20-23)15-4-3-13-14(7-18-17(13)22-15)11-2-5-16-19-10-21-24(16)9-11/h2-10H,1H3,(H,18,22). The van der Waals surface area contributed by atoms with Crippen molar-refractivity contribution in [1.82, 2.24) is 34.3 Å². The molecule has 7 heteroatoms. The topological polar surface area (TPSA) is 76.7 Å². The number of fused-ring (bicyclic) bond motifs is 2. The smallest absolute Gasteiger partial charge is 0.155 e. The van der Waals surface area contributed by atoms with Crippen LogP contribution in [0, 0.1) is 0 Å². The van der Waals surface area contributed by atoms with Gasteiger partial charge in [-0.15, -0.1) is 0 Å². The summed E-state index contributed by atoms with van der Waals surface area (Å²) in [5.41, 5.74) is 5.73. The number of aromatic nitrogens is 7. The van der Waals surface area contributed by atoms with Gasteiger partial charge >= 0.3 is 0 Å². The second-order valence-electron chi connectivity index (χ2n) is 5.68. The fourth-order valence-corrected chi connectivity index (χ4v) is 2.93. The van der Waals surface area contributed by atoms with Crippen molar-refractivity contribution in [1.29, 1.82) is 0 Å². The van der Waals surface area contributed by atoms with Gasteiger partial charge in [-0.25, -0.2) is 14.5 Å². The molecule has 24 heavy (non-hydrogen) atoms. The van der Waals surface area contributed by atoms with Gasteiger partial charge in [-0.2, -0.15) is 10.2 Å². The lowest BCUT2D eigenvalue weighted by atomic mass is 10.1. The Morgan fingerprint density at radius 1 is 1.00 bits per heavy atom. The first-order chi connectivity index (χ1) is 11.8. The van der Waals surface area contributed by atoms with Crippen molar-refractivity contribution in [2.45, 2.75) is 0 Å². The minimum absolute atomic E-state index is 0.829. The number of H-pyrrole nitrogens is 1. The highest BCUT2D eigenvalue weighted by molar-refractivity contribution is 5.94. The van der Waals surface area contributed by atoms with Gasteiger partial charge in [-0.3, -0.25) is 4.68 Å². The van der Waals surface area contributed by atoms with Crippen LogP contribution in [-0.2, 0) is 7.05 Å². The number of rotatable bonds is 2. The monoisotopic (exact) mass is 315 g/mol. The van der Waals surface area contributed by atoms with E-state index in [1.54, 1.807) is 15.5 Å². The average Bonchev–Trinajstić information content (AvgIpc) is 3.32. The molecule has 0 aliphatic rings. The molecule has 0 amide bonds. The van der Waals surface area contributed by atoms with Crippen LogP contribution in [0.4, 0.5) is 0 Å². The molecule has 0 aromatic carbocycles. The lowest BCUT2D eigenvalue weighted by Gasteiger charge is -2.01. The molecule has 0 unspecified atom stereocenters. The van der Waals surface area contributed by atoms with E-state index in [1.165, 1.54) is 0 Å². The largest absolute Gasteiger partial charge is 0.345 e. The maximum Gasteiger partial charge on any atom is 0.155 e. The van der Waals surface area contributed by atoms with Crippen LogP contribution in [0.15, 0.2) is 55.4 Å². The molecule has 116 valence electrons. The van der Waals surface area contributed by atoms with Crippen LogP contribution in [0.25, 0.3) is 39.1 Å². The van der Waals surface area contributed by atoms with Gasteiger partial charge in [-0.1, -0.05) is 0 Å². The van der Waals surface area contributed by atoms with Gasteiger partial charge < -0.3 is 4.98 Å². The Kier molecular flexibility index (Phi) is 2.58. The molecular weight excluding hydrogens is 302 g/mol. The highest BCUT2D eigenvalue weighted by atomic mass is 15.3. The van der Waals surface area contributed by atoms with Crippen molar-refractivity contribution >= 4 is 16.7 Å². The predicted molar refractivity (Wildman–Crippen MR) is 90.3 cm³/mol. The third-order valence-electron chi connectivity index (χ3n) is 4.12. The lowest BCUT2D eigenvalue weighted by Crippen LogP contribution is -1.88. The van der Waals surface area contributed by atoms with Crippen LogP contribution in [0.3, 0.4) is 0 Å². The van der Waals surface area contributed by atoms with Gasteiger partial charge in [-0.05, 0) is 24.3 Å². The van der Waals surface area contributed by atoms with Crippen LogP contribution in [-0.4, -0.2) is 34.3 Å². The van der Waals surface area contributed by atoms with E-state index >= 15 is 0 Å². The summed E-state index contributed by atoms with van der Waals surface area (Å²) in [7, 11) is 1.90. The van der Waals surface area contributed by atoms with E-state index in [-0.39, 0.29) is 0 Å². The minimum atomic E-state index is 0.829. The van der Waals surface area contributed by atoms with Crippen LogP contribution < -0.4 is 0 Å². The zero-order valence-corrected chi connectivity index (χ0v) is 12.9. The van der Waals surface area contributed by atoms with Crippen molar-refractivity contribution in [3.05, 3.63) is 55.4 Å². The molecule has 1 N–H and O–H groups in total. The zero-order chi connectivity index (χ0) is 16.1. The number of pyridine rings is 2. The first-order valence-electron chi connectivity index (χ1n) is 7.55. The number of nitrogens with one attached hydrogen (secondary N) is 1. The van der Waals surface area contributed by atoms with Gasteiger partial charge in [0.05, 0.1) is 11.9 Å².